The number of aryl methyl sites for hydroxylation is 1. The van der Waals surface area contributed by atoms with Crippen LogP contribution in [0.25, 0.3) is 0 Å². The second-order valence-corrected chi connectivity index (χ2v) is 10.4. The Labute approximate surface area is 266 Å². The highest BCUT2D eigenvalue weighted by Gasteiger charge is 2.15. The van der Waals surface area contributed by atoms with Crippen molar-refractivity contribution in [1.29, 1.82) is 0 Å². The highest BCUT2D eigenvalue weighted by atomic mass is 35.5. The molecule has 0 saturated heterocycles. The summed E-state index contributed by atoms with van der Waals surface area (Å²) < 4.78 is 16.8. The van der Waals surface area contributed by atoms with E-state index in [1.807, 2.05) is 18.2 Å². The van der Waals surface area contributed by atoms with Crippen LogP contribution >= 0.6 is 24.8 Å². The molecule has 0 saturated carbocycles. The van der Waals surface area contributed by atoms with Crippen molar-refractivity contribution in [3.63, 3.8) is 0 Å². The summed E-state index contributed by atoms with van der Waals surface area (Å²) in [5.74, 6) is 2.54. The molecule has 0 aliphatic rings. The number of unbranched alkanes of at least 4 members (excludes halogenated alkanes) is 5. The van der Waals surface area contributed by atoms with E-state index >= 15 is 0 Å². The fraction of sp³-hybridized carbons (Fsp3) is 0.486. The van der Waals surface area contributed by atoms with Gasteiger partial charge in [-0.3, -0.25) is 0 Å². The number of nitrogens with one attached hydrogen (secondary N) is 2. The molecular formula is C35H52Cl2N2O3. The van der Waals surface area contributed by atoms with Gasteiger partial charge in [-0.15, -0.1) is 24.8 Å². The van der Waals surface area contributed by atoms with E-state index in [1.54, 1.807) is 21.3 Å². The van der Waals surface area contributed by atoms with Gasteiger partial charge in [-0.1, -0.05) is 74.2 Å². The van der Waals surface area contributed by atoms with Gasteiger partial charge in [0.2, 0.25) is 0 Å². The predicted octanol–water partition coefficient (Wildman–Crippen LogP) is 7.65. The SMILES string of the molecule is COc1cccc(CCc2c(CCNCCCCCCCCNCCc3ccccc3)ccc(OC)c2OC)c1.Cl.Cl. The summed E-state index contributed by atoms with van der Waals surface area (Å²) in [6, 6.07) is 23.2. The summed E-state index contributed by atoms with van der Waals surface area (Å²) in [6.07, 6.45) is 11.7. The molecule has 234 valence electrons. The van der Waals surface area contributed by atoms with Crippen molar-refractivity contribution in [1.82, 2.24) is 10.6 Å². The van der Waals surface area contributed by atoms with E-state index in [1.165, 1.54) is 60.8 Å². The second kappa shape index (κ2) is 23.1. The monoisotopic (exact) mass is 618 g/mol. The fourth-order valence-electron chi connectivity index (χ4n) is 5.19. The van der Waals surface area contributed by atoms with Crippen molar-refractivity contribution in [2.24, 2.45) is 0 Å². The van der Waals surface area contributed by atoms with Crippen LogP contribution in [0.4, 0.5) is 0 Å². The molecule has 0 atom stereocenters. The zero-order valence-electron chi connectivity index (χ0n) is 25.8. The van der Waals surface area contributed by atoms with E-state index in [9.17, 15) is 0 Å². The number of hydrogen-bond acceptors (Lipinski definition) is 5. The van der Waals surface area contributed by atoms with E-state index in [0.717, 1.165) is 69.1 Å². The third-order valence-electron chi connectivity index (χ3n) is 7.50. The number of benzene rings is 3. The lowest BCUT2D eigenvalue weighted by Gasteiger charge is -2.17. The van der Waals surface area contributed by atoms with Crippen LogP contribution in [0.15, 0.2) is 66.7 Å². The normalized spacial score (nSPS) is 10.5. The Morgan fingerprint density at radius 3 is 1.81 bits per heavy atom. The van der Waals surface area contributed by atoms with Gasteiger partial charge in [0.25, 0.3) is 0 Å². The maximum absolute atomic E-state index is 5.80. The lowest BCUT2D eigenvalue weighted by atomic mass is 9.96. The maximum Gasteiger partial charge on any atom is 0.164 e. The minimum Gasteiger partial charge on any atom is -0.497 e. The second-order valence-electron chi connectivity index (χ2n) is 10.4. The average Bonchev–Trinajstić information content (AvgIpc) is 3.00. The molecular weight excluding hydrogens is 567 g/mol. The highest BCUT2D eigenvalue weighted by molar-refractivity contribution is 5.85. The summed E-state index contributed by atoms with van der Waals surface area (Å²) in [5.41, 5.74) is 5.23. The van der Waals surface area contributed by atoms with Crippen LogP contribution in [0.1, 0.15) is 60.8 Å². The van der Waals surface area contributed by atoms with E-state index in [0.29, 0.717) is 0 Å². The van der Waals surface area contributed by atoms with Crippen molar-refractivity contribution in [3.8, 4) is 17.2 Å². The third-order valence-corrected chi connectivity index (χ3v) is 7.50. The van der Waals surface area contributed by atoms with Crippen LogP contribution < -0.4 is 24.8 Å². The molecule has 0 heterocycles. The van der Waals surface area contributed by atoms with Gasteiger partial charge >= 0.3 is 0 Å². The largest absolute Gasteiger partial charge is 0.497 e. The zero-order valence-corrected chi connectivity index (χ0v) is 27.4. The first kappa shape index (κ1) is 37.6. The van der Waals surface area contributed by atoms with Crippen molar-refractivity contribution in [2.75, 3.05) is 47.5 Å². The first-order valence-corrected chi connectivity index (χ1v) is 15.1. The predicted molar refractivity (Wildman–Crippen MR) is 182 cm³/mol. The Morgan fingerprint density at radius 1 is 0.524 bits per heavy atom. The Kier molecular flexibility index (Phi) is 20.6. The van der Waals surface area contributed by atoms with Crippen molar-refractivity contribution in [3.05, 3.63) is 89.0 Å². The van der Waals surface area contributed by atoms with E-state index in [2.05, 4.69) is 59.2 Å². The number of hydrogen-bond donors (Lipinski definition) is 2. The molecule has 3 aromatic carbocycles. The van der Waals surface area contributed by atoms with Crippen molar-refractivity contribution in [2.45, 2.75) is 64.2 Å². The minimum absolute atomic E-state index is 0. The molecule has 42 heavy (non-hydrogen) atoms. The molecule has 7 heteroatoms. The molecule has 0 fully saturated rings. The summed E-state index contributed by atoms with van der Waals surface area (Å²) in [6.45, 7) is 4.25. The number of ether oxygens (including phenoxy) is 3. The lowest BCUT2D eigenvalue weighted by Crippen LogP contribution is -2.19. The smallest absolute Gasteiger partial charge is 0.164 e. The summed E-state index contributed by atoms with van der Waals surface area (Å²) in [5, 5.41) is 7.24. The quantitative estimate of drug-likeness (QED) is 0.120. The van der Waals surface area contributed by atoms with Gasteiger partial charge in [0, 0.05) is 5.56 Å². The Bertz CT molecular complexity index is 1100. The van der Waals surface area contributed by atoms with E-state index in [4.69, 9.17) is 14.2 Å². The molecule has 0 bridgehead atoms. The standard InChI is InChI=1S/C35H50N2O3.2ClH/c1-38-32-17-13-16-30(28-32)18-20-33-31(19-21-34(39-2)35(33)40-3)23-27-37-25-12-7-5-4-6-11-24-36-26-22-29-14-9-8-10-15-29;;/h8-10,13-17,19,21,28,36-37H,4-7,11-12,18,20,22-27H2,1-3H3;2*1H. The number of halogens is 2. The van der Waals surface area contributed by atoms with Crippen LogP contribution in [0.3, 0.4) is 0 Å². The van der Waals surface area contributed by atoms with Gasteiger partial charge in [0.1, 0.15) is 5.75 Å². The highest BCUT2D eigenvalue weighted by Crippen LogP contribution is 2.34. The van der Waals surface area contributed by atoms with Gasteiger partial charge in [-0.05, 0) is 99.6 Å². The number of methoxy groups -OCH3 is 3. The van der Waals surface area contributed by atoms with Crippen LogP contribution in [0.2, 0.25) is 0 Å². The number of rotatable bonds is 21. The Hall–Kier alpha value is -2.44. The van der Waals surface area contributed by atoms with Gasteiger partial charge in [0.15, 0.2) is 11.5 Å². The molecule has 2 N–H and O–H groups in total. The molecule has 0 spiro atoms. The molecule has 0 aliphatic heterocycles. The fourth-order valence-corrected chi connectivity index (χ4v) is 5.19. The minimum atomic E-state index is 0. The van der Waals surface area contributed by atoms with Gasteiger partial charge in [-0.2, -0.15) is 0 Å². The molecule has 0 aliphatic carbocycles. The first-order valence-electron chi connectivity index (χ1n) is 15.1. The van der Waals surface area contributed by atoms with E-state index in [-0.39, 0.29) is 24.8 Å². The molecule has 0 aromatic heterocycles. The maximum atomic E-state index is 5.80. The Morgan fingerprint density at radius 2 is 1.17 bits per heavy atom. The summed E-state index contributed by atoms with van der Waals surface area (Å²) in [4.78, 5) is 0. The lowest BCUT2D eigenvalue weighted by molar-refractivity contribution is 0.351. The zero-order chi connectivity index (χ0) is 28.3. The van der Waals surface area contributed by atoms with E-state index < -0.39 is 0 Å². The Balaban J connectivity index is 0.00000441. The summed E-state index contributed by atoms with van der Waals surface area (Å²) in [7, 11) is 5.15. The average molecular weight is 620 g/mol. The van der Waals surface area contributed by atoms with Gasteiger partial charge in [-0.25, -0.2) is 0 Å². The van der Waals surface area contributed by atoms with Crippen LogP contribution in [-0.4, -0.2) is 47.5 Å². The van der Waals surface area contributed by atoms with Crippen LogP contribution in [-0.2, 0) is 25.7 Å². The molecule has 3 aromatic rings. The molecule has 5 nitrogen and oxygen atoms in total. The van der Waals surface area contributed by atoms with Crippen LogP contribution in [0.5, 0.6) is 17.2 Å². The van der Waals surface area contributed by atoms with Gasteiger partial charge in [0.05, 0.1) is 21.3 Å². The summed E-state index contributed by atoms with van der Waals surface area (Å²) >= 11 is 0. The molecule has 3 rings (SSSR count). The van der Waals surface area contributed by atoms with Crippen molar-refractivity contribution < 1.29 is 14.2 Å². The molecule has 0 amide bonds. The van der Waals surface area contributed by atoms with Crippen LogP contribution in [0, 0.1) is 0 Å². The molecule has 0 radical (unpaired) electrons. The molecule has 0 unspecified atom stereocenters. The van der Waals surface area contributed by atoms with Gasteiger partial charge < -0.3 is 24.8 Å². The first-order chi connectivity index (χ1) is 19.7. The van der Waals surface area contributed by atoms with Crippen molar-refractivity contribution >= 4 is 24.8 Å². The third kappa shape index (κ3) is 13.7. The topological polar surface area (TPSA) is 51.8 Å².